The Morgan fingerprint density at radius 3 is 2.47 bits per heavy atom. The van der Waals surface area contributed by atoms with Crippen LogP contribution in [0.25, 0.3) is 0 Å². The molecule has 0 radical (unpaired) electrons. The van der Waals surface area contributed by atoms with Gasteiger partial charge in [0.15, 0.2) is 0 Å². The van der Waals surface area contributed by atoms with Gasteiger partial charge in [-0.25, -0.2) is 0 Å². The molecular weight excluding hydrogens is 254 g/mol. The molecule has 1 aliphatic heterocycles. The average molecular weight is 273 g/mol. The molecule has 1 heterocycles. The van der Waals surface area contributed by atoms with Gasteiger partial charge in [0.2, 0.25) is 11.8 Å². The van der Waals surface area contributed by atoms with Gasteiger partial charge in [-0.3, -0.25) is 14.4 Å². The monoisotopic (exact) mass is 273 g/mol. The highest BCUT2D eigenvalue weighted by molar-refractivity contribution is 5.91. The Kier molecular flexibility index (Phi) is 5.71. The third-order valence-corrected chi connectivity index (χ3v) is 2.78. The first-order chi connectivity index (χ1) is 8.91. The summed E-state index contributed by atoms with van der Waals surface area (Å²) in [5, 5.41) is 11.0. The summed E-state index contributed by atoms with van der Waals surface area (Å²) in [5.41, 5.74) is 5.41. The third kappa shape index (κ3) is 4.84. The van der Waals surface area contributed by atoms with Crippen LogP contribution in [0.3, 0.4) is 0 Å². The second-order valence-corrected chi connectivity index (χ2v) is 4.37. The van der Waals surface area contributed by atoms with Gasteiger partial charge in [0.25, 0.3) is 0 Å². The fourth-order valence-electron chi connectivity index (χ4n) is 1.72. The number of carboxylic acids is 1. The molecule has 1 fully saturated rings. The number of hydrogen-bond donors (Lipinski definition) is 3. The molecule has 1 rings (SSSR count). The molecule has 1 aliphatic rings. The fraction of sp³-hybridized carbons (Fsp3) is 0.727. The maximum atomic E-state index is 12.0. The summed E-state index contributed by atoms with van der Waals surface area (Å²) in [6.07, 6.45) is -0.468. The van der Waals surface area contributed by atoms with Crippen LogP contribution in [-0.2, 0) is 19.1 Å². The predicted octanol–water partition coefficient (Wildman–Crippen LogP) is -1.85. The minimum atomic E-state index is -1.16. The summed E-state index contributed by atoms with van der Waals surface area (Å²) >= 11 is 0. The van der Waals surface area contributed by atoms with E-state index in [9.17, 15) is 14.4 Å². The number of hydrogen-bond acceptors (Lipinski definition) is 5. The number of rotatable bonds is 5. The molecule has 108 valence electrons. The molecule has 8 heteroatoms. The number of nitrogens with one attached hydrogen (secondary N) is 1. The molecule has 19 heavy (non-hydrogen) atoms. The van der Waals surface area contributed by atoms with Gasteiger partial charge < -0.3 is 25.8 Å². The number of nitrogens with two attached hydrogens (primary N) is 1. The molecule has 8 nitrogen and oxygen atoms in total. The molecule has 0 aromatic rings. The SMILES string of the molecule is CC(NC(=O)C(N)CC(=O)O)C(=O)N1CCOCC1. The maximum absolute atomic E-state index is 12.0. The van der Waals surface area contributed by atoms with E-state index in [2.05, 4.69) is 5.32 Å². The van der Waals surface area contributed by atoms with Crippen molar-refractivity contribution in [2.24, 2.45) is 5.73 Å². The van der Waals surface area contributed by atoms with E-state index < -0.39 is 30.4 Å². The number of ether oxygens (including phenoxy) is 1. The fourth-order valence-corrected chi connectivity index (χ4v) is 1.72. The zero-order chi connectivity index (χ0) is 14.4. The second kappa shape index (κ2) is 7.05. The number of aliphatic carboxylic acids is 1. The Hall–Kier alpha value is -1.67. The first-order valence-corrected chi connectivity index (χ1v) is 6.06. The maximum Gasteiger partial charge on any atom is 0.305 e. The van der Waals surface area contributed by atoms with Crippen LogP contribution in [0.15, 0.2) is 0 Å². The third-order valence-electron chi connectivity index (χ3n) is 2.78. The van der Waals surface area contributed by atoms with E-state index in [0.29, 0.717) is 26.3 Å². The highest BCUT2D eigenvalue weighted by Crippen LogP contribution is 2.01. The van der Waals surface area contributed by atoms with Gasteiger partial charge in [0.1, 0.15) is 6.04 Å². The van der Waals surface area contributed by atoms with Crippen molar-refractivity contribution in [2.75, 3.05) is 26.3 Å². The number of carbonyl (C=O) groups excluding carboxylic acids is 2. The highest BCUT2D eigenvalue weighted by Gasteiger charge is 2.26. The van der Waals surface area contributed by atoms with Crippen LogP contribution in [0, 0.1) is 0 Å². The summed E-state index contributed by atoms with van der Waals surface area (Å²) in [7, 11) is 0. The number of nitrogens with zero attached hydrogens (tertiary/aromatic N) is 1. The molecule has 0 saturated carbocycles. The number of carboxylic acid groups (broad SMARTS) is 1. The molecule has 2 amide bonds. The summed E-state index contributed by atoms with van der Waals surface area (Å²) < 4.78 is 5.13. The molecule has 1 saturated heterocycles. The van der Waals surface area contributed by atoms with Gasteiger partial charge >= 0.3 is 5.97 Å². The van der Waals surface area contributed by atoms with E-state index >= 15 is 0 Å². The smallest absolute Gasteiger partial charge is 0.305 e. The summed E-state index contributed by atoms with van der Waals surface area (Å²) in [6, 6.07) is -1.89. The average Bonchev–Trinajstić information content (AvgIpc) is 2.37. The van der Waals surface area contributed by atoms with Crippen molar-refractivity contribution in [3.63, 3.8) is 0 Å². The molecule has 0 spiro atoms. The van der Waals surface area contributed by atoms with Crippen LogP contribution in [0.4, 0.5) is 0 Å². The van der Waals surface area contributed by atoms with Crippen LogP contribution in [0.5, 0.6) is 0 Å². The van der Waals surface area contributed by atoms with Crippen molar-refractivity contribution in [3.8, 4) is 0 Å². The second-order valence-electron chi connectivity index (χ2n) is 4.37. The minimum absolute atomic E-state index is 0.223. The first-order valence-electron chi connectivity index (χ1n) is 6.06. The van der Waals surface area contributed by atoms with E-state index in [0.717, 1.165) is 0 Å². The van der Waals surface area contributed by atoms with Gasteiger partial charge in [-0.15, -0.1) is 0 Å². The Bertz CT molecular complexity index is 354. The van der Waals surface area contributed by atoms with Gasteiger partial charge in [0.05, 0.1) is 25.7 Å². The van der Waals surface area contributed by atoms with Gasteiger partial charge in [-0.05, 0) is 6.92 Å². The molecule has 0 aromatic heterocycles. The van der Waals surface area contributed by atoms with Crippen LogP contribution in [0.1, 0.15) is 13.3 Å². The van der Waals surface area contributed by atoms with Crippen LogP contribution in [-0.4, -0.2) is 66.2 Å². The van der Waals surface area contributed by atoms with Gasteiger partial charge in [-0.2, -0.15) is 0 Å². The molecule has 2 unspecified atom stereocenters. The van der Waals surface area contributed by atoms with Crippen molar-refractivity contribution >= 4 is 17.8 Å². The number of morpholine rings is 1. The molecule has 0 bridgehead atoms. The predicted molar refractivity (Wildman–Crippen MR) is 65.2 cm³/mol. The van der Waals surface area contributed by atoms with Crippen LogP contribution >= 0.6 is 0 Å². The van der Waals surface area contributed by atoms with Gasteiger partial charge in [-0.1, -0.05) is 0 Å². The van der Waals surface area contributed by atoms with Crippen molar-refractivity contribution in [1.29, 1.82) is 0 Å². The van der Waals surface area contributed by atoms with Crippen LogP contribution in [0.2, 0.25) is 0 Å². The Morgan fingerprint density at radius 1 is 1.37 bits per heavy atom. The summed E-state index contributed by atoms with van der Waals surface area (Å²) in [4.78, 5) is 35.6. The lowest BCUT2D eigenvalue weighted by atomic mass is 10.2. The van der Waals surface area contributed by atoms with Crippen LogP contribution < -0.4 is 11.1 Å². The van der Waals surface area contributed by atoms with Crippen molar-refractivity contribution in [3.05, 3.63) is 0 Å². The standard InChI is InChI=1S/C11H19N3O5/c1-7(11(18)14-2-4-19-5-3-14)13-10(17)8(12)6-9(15)16/h7-8H,2-6,12H2,1H3,(H,13,17)(H,15,16). The zero-order valence-corrected chi connectivity index (χ0v) is 10.8. The topological polar surface area (TPSA) is 122 Å². The lowest BCUT2D eigenvalue weighted by Gasteiger charge is -2.29. The molecular formula is C11H19N3O5. The quantitative estimate of drug-likeness (QED) is 0.540. The summed E-state index contributed by atoms with van der Waals surface area (Å²) in [5.74, 6) is -2.02. The van der Waals surface area contributed by atoms with Crippen molar-refractivity contribution in [2.45, 2.75) is 25.4 Å². The Labute approximate surface area is 110 Å². The van der Waals surface area contributed by atoms with E-state index in [1.54, 1.807) is 11.8 Å². The molecule has 0 aromatic carbocycles. The zero-order valence-electron chi connectivity index (χ0n) is 10.8. The Balaban J connectivity index is 2.44. The van der Waals surface area contributed by atoms with E-state index in [1.807, 2.05) is 0 Å². The summed E-state index contributed by atoms with van der Waals surface area (Å²) in [6.45, 7) is 3.47. The van der Waals surface area contributed by atoms with Gasteiger partial charge in [0, 0.05) is 13.1 Å². The lowest BCUT2D eigenvalue weighted by molar-refractivity contribution is -0.141. The Morgan fingerprint density at radius 2 is 1.95 bits per heavy atom. The highest BCUT2D eigenvalue weighted by atomic mass is 16.5. The largest absolute Gasteiger partial charge is 0.481 e. The molecule has 0 aliphatic carbocycles. The first kappa shape index (κ1) is 15.4. The lowest BCUT2D eigenvalue weighted by Crippen LogP contribution is -2.53. The van der Waals surface area contributed by atoms with E-state index in [4.69, 9.17) is 15.6 Å². The van der Waals surface area contributed by atoms with Crippen molar-refractivity contribution < 1.29 is 24.2 Å². The molecule has 4 N–H and O–H groups in total. The minimum Gasteiger partial charge on any atom is -0.481 e. The normalized spacial score (nSPS) is 18.5. The van der Waals surface area contributed by atoms with E-state index in [1.165, 1.54) is 0 Å². The number of amides is 2. The van der Waals surface area contributed by atoms with E-state index in [-0.39, 0.29) is 5.91 Å². The number of carbonyl (C=O) groups is 3. The molecule has 2 atom stereocenters. The van der Waals surface area contributed by atoms with Crippen molar-refractivity contribution in [1.82, 2.24) is 10.2 Å².